The molecule has 0 spiro atoms. The fourth-order valence-electron chi connectivity index (χ4n) is 3.13. The number of carbonyl (C=O) groups is 1. The molecule has 0 atom stereocenters. The summed E-state index contributed by atoms with van der Waals surface area (Å²) >= 11 is 0. The van der Waals surface area contributed by atoms with Crippen molar-refractivity contribution in [3.8, 4) is 0 Å². The highest BCUT2D eigenvalue weighted by atomic mass is 19.4. The van der Waals surface area contributed by atoms with Crippen LogP contribution in [0.15, 0.2) is 12.1 Å². The molecule has 2 N–H and O–H groups in total. The molecule has 2 rings (SSSR count). The molecule has 0 aliphatic carbocycles. The molecule has 1 fully saturated rings. The van der Waals surface area contributed by atoms with Crippen LogP contribution >= 0.6 is 0 Å². The highest BCUT2D eigenvalue weighted by Gasteiger charge is 2.54. The second kappa shape index (κ2) is 6.63. The van der Waals surface area contributed by atoms with Gasteiger partial charge >= 0.3 is 12.2 Å². The molecule has 1 aromatic carbocycles. The minimum Gasteiger partial charge on any atom is -0.380 e. The summed E-state index contributed by atoms with van der Waals surface area (Å²) in [5, 5.41) is 12.4. The van der Waals surface area contributed by atoms with Crippen LogP contribution < -0.4 is 5.32 Å². The summed E-state index contributed by atoms with van der Waals surface area (Å²) in [5.74, 6) is 0. The largest absolute Gasteiger partial charge is 0.417 e. The third-order valence-electron chi connectivity index (χ3n) is 4.66. The van der Waals surface area contributed by atoms with Crippen molar-refractivity contribution in [1.29, 1.82) is 0 Å². The van der Waals surface area contributed by atoms with Crippen LogP contribution in [0.25, 0.3) is 0 Å². The van der Waals surface area contributed by atoms with E-state index < -0.39 is 30.7 Å². The van der Waals surface area contributed by atoms with Gasteiger partial charge in [0.05, 0.1) is 0 Å². The zero-order valence-electron chi connectivity index (χ0n) is 14.1. The number of hydrogen-bond donors (Lipinski definition) is 2. The number of hydrogen-bond acceptors (Lipinski definition) is 2. The summed E-state index contributed by atoms with van der Waals surface area (Å²) < 4.78 is 38.3. The van der Waals surface area contributed by atoms with E-state index >= 15 is 0 Å². The van der Waals surface area contributed by atoms with Gasteiger partial charge in [0.1, 0.15) is 0 Å². The van der Waals surface area contributed by atoms with E-state index in [0.29, 0.717) is 6.54 Å². The standard InChI is InChI=1S/C17H23F3N2O2/c1-11-8-12(2)14(13(3)9-11)10-21-15(23)22-6-4-16(24,5-7-22)17(18,19)20/h8-9,24H,4-7,10H2,1-3H3,(H,21,23). The lowest BCUT2D eigenvalue weighted by atomic mass is 9.91. The van der Waals surface area contributed by atoms with Crippen molar-refractivity contribution in [2.24, 2.45) is 0 Å². The van der Waals surface area contributed by atoms with E-state index in [1.165, 1.54) is 4.90 Å². The molecular weight excluding hydrogens is 321 g/mol. The third kappa shape index (κ3) is 3.83. The second-order valence-electron chi connectivity index (χ2n) is 6.55. The van der Waals surface area contributed by atoms with Crippen molar-refractivity contribution in [1.82, 2.24) is 10.2 Å². The van der Waals surface area contributed by atoms with Crippen molar-refractivity contribution >= 4 is 6.03 Å². The summed E-state index contributed by atoms with van der Waals surface area (Å²) in [7, 11) is 0. The number of amides is 2. The molecular formula is C17H23F3N2O2. The molecule has 1 aromatic rings. The van der Waals surface area contributed by atoms with Crippen molar-refractivity contribution in [2.75, 3.05) is 13.1 Å². The fourth-order valence-corrected chi connectivity index (χ4v) is 3.13. The minimum atomic E-state index is -4.66. The Morgan fingerprint density at radius 1 is 1.21 bits per heavy atom. The van der Waals surface area contributed by atoms with Gasteiger partial charge in [0, 0.05) is 32.5 Å². The van der Waals surface area contributed by atoms with E-state index in [0.717, 1.165) is 22.3 Å². The number of carbonyl (C=O) groups excluding carboxylic acids is 1. The Hall–Kier alpha value is -1.76. The van der Waals surface area contributed by atoms with Gasteiger partial charge < -0.3 is 15.3 Å². The van der Waals surface area contributed by atoms with Crippen LogP contribution in [0.1, 0.15) is 35.1 Å². The SMILES string of the molecule is Cc1cc(C)c(CNC(=O)N2CCC(O)(C(F)(F)F)CC2)c(C)c1. The quantitative estimate of drug-likeness (QED) is 0.866. The lowest BCUT2D eigenvalue weighted by Gasteiger charge is -2.39. The van der Waals surface area contributed by atoms with Gasteiger partial charge in [-0.3, -0.25) is 0 Å². The Morgan fingerprint density at radius 2 is 1.71 bits per heavy atom. The number of likely N-dealkylation sites (tertiary alicyclic amines) is 1. The first-order valence-electron chi connectivity index (χ1n) is 7.92. The molecule has 4 nitrogen and oxygen atoms in total. The molecule has 0 saturated carbocycles. The summed E-state index contributed by atoms with van der Waals surface area (Å²) in [6.07, 6.45) is -5.65. The maximum Gasteiger partial charge on any atom is 0.417 e. The number of halogens is 3. The van der Waals surface area contributed by atoms with Gasteiger partial charge in [-0.15, -0.1) is 0 Å². The molecule has 0 bridgehead atoms. The van der Waals surface area contributed by atoms with Gasteiger partial charge in [-0.25, -0.2) is 4.79 Å². The average Bonchev–Trinajstić information content (AvgIpc) is 2.45. The van der Waals surface area contributed by atoms with Crippen LogP contribution in [-0.4, -0.2) is 40.9 Å². The van der Waals surface area contributed by atoms with E-state index in [2.05, 4.69) is 5.32 Å². The summed E-state index contributed by atoms with van der Waals surface area (Å²) in [6.45, 7) is 6.02. The van der Waals surface area contributed by atoms with Gasteiger partial charge in [0.2, 0.25) is 0 Å². The lowest BCUT2D eigenvalue weighted by molar-refractivity contribution is -0.271. The number of piperidine rings is 1. The number of benzene rings is 1. The number of nitrogens with zero attached hydrogens (tertiary/aromatic N) is 1. The fraction of sp³-hybridized carbons (Fsp3) is 0.588. The highest BCUT2D eigenvalue weighted by Crippen LogP contribution is 2.38. The molecule has 1 heterocycles. The summed E-state index contributed by atoms with van der Waals surface area (Å²) in [4.78, 5) is 13.5. The van der Waals surface area contributed by atoms with E-state index in [1.807, 2.05) is 32.9 Å². The molecule has 1 saturated heterocycles. The normalized spacial score (nSPS) is 17.7. The molecule has 0 aromatic heterocycles. The topological polar surface area (TPSA) is 52.6 Å². The number of aryl methyl sites for hydroxylation is 3. The van der Waals surface area contributed by atoms with Gasteiger partial charge in [-0.1, -0.05) is 17.7 Å². The monoisotopic (exact) mass is 344 g/mol. The van der Waals surface area contributed by atoms with Crippen molar-refractivity contribution in [3.63, 3.8) is 0 Å². The van der Waals surface area contributed by atoms with Crippen LogP contribution in [0.3, 0.4) is 0 Å². The number of alkyl halides is 3. The number of aliphatic hydroxyl groups is 1. The van der Waals surface area contributed by atoms with Crippen LogP contribution in [0.4, 0.5) is 18.0 Å². The Morgan fingerprint density at radius 3 is 2.17 bits per heavy atom. The Balaban J connectivity index is 1.94. The predicted octanol–water partition coefficient (Wildman–Crippen LogP) is 3.21. The number of urea groups is 1. The van der Waals surface area contributed by atoms with Crippen LogP contribution in [0.2, 0.25) is 0 Å². The molecule has 7 heteroatoms. The van der Waals surface area contributed by atoms with Crippen molar-refractivity contribution in [2.45, 2.75) is 51.9 Å². The first kappa shape index (κ1) is 18.6. The average molecular weight is 344 g/mol. The zero-order valence-corrected chi connectivity index (χ0v) is 14.1. The van der Waals surface area contributed by atoms with Crippen molar-refractivity contribution < 1.29 is 23.1 Å². The number of nitrogens with one attached hydrogen (secondary N) is 1. The van der Waals surface area contributed by atoms with Gasteiger partial charge in [0.25, 0.3) is 0 Å². The molecule has 0 unspecified atom stereocenters. The molecule has 1 aliphatic rings. The van der Waals surface area contributed by atoms with Crippen LogP contribution in [0, 0.1) is 20.8 Å². The van der Waals surface area contributed by atoms with Gasteiger partial charge in [0.15, 0.2) is 5.60 Å². The first-order valence-corrected chi connectivity index (χ1v) is 7.92. The Labute approximate surface area is 139 Å². The second-order valence-corrected chi connectivity index (χ2v) is 6.55. The minimum absolute atomic E-state index is 0.117. The maximum absolute atomic E-state index is 12.8. The van der Waals surface area contributed by atoms with Gasteiger partial charge in [-0.05, 0) is 37.5 Å². The van der Waals surface area contributed by atoms with E-state index in [9.17, 15) is 23.1 Å². The Bertz CT molecular complexity index is 598. The Kier molecular flexibility index (Phi) is 5.13. The van der Waals surface area contributed by atoms with E-state index in [1.54, 1.807) is 0 Å². The lowest BCUT2D eigenvalue weighted by Crippen LogP contribution is -2.55. The molecule has 1 aliphatic heterocycles. The molecule has 0 radical (unpaired) electrons. The summed E-state index contributed by atoms with van der Waals surface area (Å²) in [5.41, 5.74) is 1.60. The molecule has 2 amide bonds. The zero-order chi connectivity index (χ0) is 18.1. The predicted molar refractivity (Wildman–Crippen MR) is 84.7 cm³/mol. The van der Waals surface area contributed by atoms with Crippen molar-refractivity contribution in [3.05, 3.63) is 34.4 Å². The summed E-state index contributed by atoms with van der Waals surface area (Å²) in [6, 6.07) is 3.65. The van der Waals surface area contributed by atoms with E-state index in [-0.39, 0.29) is 13.1 Å². The third-order valence-corrected chi connectivity index (χ3v) is 4.66. The highest BCUT2D eigenvalue weighted by molar-refractivity contribution is 5.74. The molecule has 134 valence electrons. The van der Waals surface area contributed by atoms with Crippen LogP contribution in [0.5, 0.6) is 0 Å². The van der Waals surface area contributed by atoms with E-state index in [4.69, 9.17) is 0 Å². The molecule has 24 heavy (non-hydrogen) atoms. The smallest absolute Gasteiger partial charge is 0.380 e. The first-order chi connectivity index (χ1) is 11.0. The van der Waals surface area contributed by atoms with Gasteiger partial charge in [-0.2, -0.15) is 13.2 Å². The maximum atomic E-state index is 12.8. The number of rotatable bonds is 2. The van der Waals surface area contributed by atoms with Crippen LogP contribution in [-0.2, 0) is 6.54 Å².